The quantitative estimate of drug-likeness (QED) is 0.647. The highest BCUT2D eigenvalue weighted by Crippen LogP contribution is 2.41. The van der Waals surface area contributed by atoms with Crippen molar-refractivity contribution < 1.29 is 19.0 Å². The van der Waals surface area contributed by atoms with Crippen LogP contribution in [0, 0.1) is 0 Å². The molecule has 0 saturated carbocycles. The molecule has 0 aliphatic carbocycles. The van der Waals surface area contributed by atoms with Crippen LogP contribution in [0.5, 0.6) is 0 Å². The molecule has 1 N–H and O–H groups in total. The molecule has 1 unspecified atom stereocenters. The Morgan fingerprint density at radius 2 is 2.24 bits per heavy atom. The molecular formula is C12H15O4P. The lowest BCUT2D eigenvalue weighted by Crippen LogP contribution is -2.06. The molecule has 0 amide bonds. The molecule has 1 aromatic rings. The molecule has 0 aromatic heterocycles. The van der Waals surface area contributed by atoms with Crippen LogP contribution in [-0.4, -0.2) is 24.3 Å². The summed E-state index contributed by atoms with van der Waals surface area (Å²) in [4.78, 5) is 10.4. The Hall–Kier alpha value is -1.38. The number of aliphatic carboxylic acids is 1. The second-order valence-corrected chi connectivity index (χ2v) is 6.00. The molecule has 1 aromatic carbocycles. The van der Waals surface area contributed by atoms with Gasteiger partial charge in [-0.2, -0.15) is 0 Å². The van der Waals surface area contributed by atoms with Gasteiger partial charge in [0.15, 0.2) is 0 Å². The Bertz CT molecular complexity index is 479. The van der Waals surface area contributed by atoms with Gasteiger partial charge in [0.2, 0.25) is 7.37 Å². The molecule has 0 aliphatic rings. The molecule has 92 valence electrons. The van der Waals surface area contributed by atoms with E-state index < -0.39 is 13.3 Å². The maximum Gasteiger partial charge on any atom is 0.328 e. The Morgan fingerprint density at radius 1 is 1.53 bits per heavy atom. The first-order valence-electron chi connectivity index (χ1n) is 5.19. The molecule has 0 fully saturated rings. The van der Waals surface area contributed by atoms with Crippen molar-refractivity contribution in [3.8, 4) is 0 Å². The van der Waals surface area contributed by atoms with Crippen molar-refractivity contribution in [1.82, 2.24) is 0 Å². The van der Waals surface area contributed by atoms with E-state index in [0.29, 0.717) is 17.5 Å². The maximum atomic E-state index is 12.1. The summed E-state index contributed by atoms with van der Waals surface area (Å²) < 4.78 is 17.4. The number of hydrogen-bond acceptors (Lipinski definition) is 3. The van der Waals surface area contributed by atoms with E-state index in [4.69, 9.17) is 9.63 Å². The highest BCUT2D eigenvalue weighted by Gasteiger charge is 2.18. The van der Waals surface area contributed by atoms with E-state index in [1.807, 2.05) is 0 Å². The number of benzene rings is 1. The largest absolute Gasteiger partial charge is 0.478 e. The van der Waals surface area contributed by atoms with Crippen LogP contribution in [0.25, 0.3) is 6.08 Å². The smallest absolute Gasteiger partial charge is 0.328 e. The summed E-state index contributed by atoms with van der Waals surface area (Å²) >= 11 is 0. The van der Waals surface area contributed by atoms with Gasteiger partial charge in [-0.15, -0.1) is 0 Å². The van der Waals surface area contributed by atoms with Gasteiger partial charge in [0, 0.05) is 18.0 Å². The minimum Gasteiger partial charge on any atom is -0.478 e. The third-order valence-corrected chi connectivity index (χ3v) is 4.10. The van der Waals surface area contributed by atoms with Gasteiger partial charge in [0.05, 0.1) is 6.61 Å². The van der Waals surface area contributed by atoms with Crippen molar-refractivity contribution in [3.63, 3.8) is 0 Å². The average molecular weight is 254 g/mol. The zero-order chi connectivity index (χ0) is 12.9. The Labute approximate surface area is 100 Å². The standard InChI is InChI=1S/C12H15O4P/c1-3-16-17(2,15)11-6-4-5-10(9-11)7-8-12(13)14/h4-9H,3H2,1-2H3,(H,13,14). The summed E-state index contributed by atoms with van der Waals surface area (Å²) in [5, 5.41) is 9.11. The van der Waals surface area contributed by atoms with Gasteiger partial charge in [-0.3, -0.25) is 4.57 Å². The Morgan fingerprint density at radius 3 is 2.82 bits per heavy atom. The number of carboxylic acids is 1. The van der Waals surface area contributed by atoms with Crippen molar-refractivity contribution in [2.24, 2.45) is 0 Å². The molecule has 4 nitrogen and oxygen atoms in total. The van der Waals surface area contributed by atoms with Crippen molar-refractivity contribution in [1.29, 1.82) is 0 Å². The maximum absolute atomic E-state index is 12.1. The monoisotopic (exact) mass is 254 g/mol. The second-order valence-electron chi connectivity index (χ2n) is 3.53. The van der Waals surface area contributed by atoms with Crippen molar-refractivity contribution in [2.75, 3.05) is 13.3 Å². The summed E-state index contributed by atoms with van der Waals surface area (Å²) in [5.74, 6) is -1.01. The summed E-state index contributed by atoms with van der Waals surface area (Å²) in [6.07, 6.45) is 2.50. The molecule has 17 heavy (non-hydrogen) atoms. The fraction of sp³-hybridized carbons (Fsp3) is 0.250. The molecule has 0 heterocycles. The Kier molecular flexibility index (Phi) is 4.67. The van der Waals surface area contributed by atoms with Crippen LogP contribution in [-0.2, 0) is 13.9 Å². The Balaban J connectivity index is 3.01. The first-order chi connectivity index (χ1) is 7.95. The van der Waals surface area contributed by atoms with E-state index in [1.165, 1.54) is 6.08 Å². The summed E-state index contributed by atoms with van der Waals surface area (Å²) in [6, 6.07) is 6.87. The average Bonchev–Trinajstić information content (AvgIpc) is 2.27. The molecule has 0 saturated heterocycles. The van der Waals surface area contributed by atoms with Gasteiger partial charge in [-0.05, 0) is 30.7 Å². The van der Waals surface area contributed by atoms with Gasteiger partial charge < -0.3 is 9.63 Å². The highest BCUT2D eigenvalue weighted by atomic mass is 31.2. The van der Waals surface area contributed by atoms with E-state index in [9.17, 15) is 9.36 Å². The summed E-state index contributed by atoms with van der Waals surface area (Å²) in [6.45, 7) is 3.71. The van der Waals surface area contributed by atoms with Crippen LogP contribution in [0.1, 0.15) is 12.5 Å². The van der Waals surface area contributed by atoms with Gasteiger partial charge in [0.25, 0.3) is 0 Å². The van der Waals surface area contributed by atoms with Crippen molar-refractivity contribution in [2.45, 2.75) is 6.92 Å². The van der Waals surface area contributed by atoms with E-state index >= 15 is 0 Å². The number of hydrogen-bond donors (Lipinski definition) is 1. The fourth-order valence-corrected chi connectivity index (χ4v) is 2.75. The zero-order valence-corrected chi connectivity index (χ0v) is 10.7. The predicted octanol–water partition coefficient (Wildman–Crippen LogP) is 2.35. The minimum absolute atomic E-state index is 0.378. The van der Waals surface area contributed by atoms with Crippen LogP contribution in [0.3, 0.4) is 0 Å². The van der Waals surface area contributed by atoms with Crippen LogP contribution < -0.4 is 5.30 Å². The molecule has 0 aliphatic heterocycles. The van der Waals surface area contributed by atoms with Gasteiger partial charge >= 0.3 is 5.97 Å². The summed E-state index contributed by atoms with van der Waals surface area (Å²) in [7, 11) is -2.80. The molecule has 0 spiro atoms. The van der Waals surface area contributed by atoms with E-state index in [1.54, 1.807) is 37.9 Å². The molecule has 1 atom stereocenters. The van der Waals surface area contributed by atoms with E-state index in [2.05, 4.69) is 0 Å². The normalized spacial score (nSPS) is 14.7. The van der Waals surface area contributed by atoms with Crippen LogP contribution in [0.4, 0.5) is 0 Å². The molecular weight excluding hydrogens is 239 g/mol. The number of carbonyl (C=O) groups is 1. The number of rotatable bonds is 5. The molecule has 5 heteroatoms. The minimum atomic E-state index is -2.80. The lowest BCUT2D eigenvalue weighted by Gasteiger charge is -2.13. The third kappa shape index (κ3) is 4.17. The topological polar surface area (TPSA) is 63.6 Å². The van der Waals surface area contributed by atoms with Gasteiger partial charge in [-0.1, -0.05) is 12.1 Å². The van der Waals surface area contributed by atoms with Gasteiger partial charge in [0.1, 0.15) is 0 Å². The molecule has 1 rings (SSSR count). The van der Waals surface area contributed by atoms with E-state index in [-0.39, 0.29) is 0 Å². The molecule has 0 bridgehead atoms. The zero-order valence-electron chi connectivity index (χ0n) is 9.79. The van der Waals surface area contributed by atoms with Crippen molar-refractivity contribution in [3.05, 3.63) is 35.9 Å². The fourth-order valence-electron chi connectivity index (χ4n) is 1.37. The number of carboxylic acid groups (broad SMARTS) is 1. The van der Waals surface area contributed by atoms with Crippen LogP contribution >= 0.6 is 7.37 Å². The summed E-state index contributed by atoms with van der Waals surface area (Å²) in [5.41, 5.74) is 0.687. The van der Waals surface area contributed by atoms with Crippen LogP contribution in [0.15, 0.2) is 30.3 Å². The lowest BCUT2D eigenvalue weighted by atomic mass is 10.2. The third-order valence-electron chi connectivity index (χ3n) is 2.13. The molecule has 0 radical (unpaired) electrons. The highest BCUT2D eigenvalue weighted by molar-refractivity contribution is 7.66. The first-order valence-corrected chi connectivity index (χ1v) is 7.26. The van der Waals surface area contributed by atoms with Crippen LogP contribution in [0.2, 0.25) is 0 Å². The lowest BCUT2D eigenvalue weighted by molar-refractivity contribution is -0.131. The first kappa shape index (κ1) is 13.7. The predicted molar refractivity (Wildman–Crippen MR) is 67.9 cm³/mol. The van der Waals surface area contributed by atoms with Gasteiger partial charge in [-0.25, -0.2) is 4.79 Å². The van der Waals surface area contributed by atoms with E-state index in [0.717, 1.165) is 6.08 Å². The second kappa shape index (κ2) is 5.80. The van der Waals surface area contributed by atoms with Crippen molar-refractivity contribution >= 4 is 24.7 Å². The SMILES string of the molecule is CCOP(C)(=O)c1cccc(C=CC(=O)O)c1.